The van der Waals surface area contributed by atoms with Gasteiger partial charge in [-0.25, -0.2) is 4.79 Å². The molecule has 0 saturated heterocycles. The number of rotatable bonds is 7. The van der Waals surface area contributed by atoms with Crippen molar-refractivity contribution in [2.45, 2.75) is 12.5 Å². The third-order valence-electron chi connectivity index (χ3n) is 4.58. The maximum absolute atomic E-state index is 12.6. The van der Waals surface area contributed by atoms with Crippen LogP contribution >= 0.6 is 0 Å². The smallest absolute Gasteiger partial charge is 0.326 e. The van der Waals surface area contributed by atoms with Crippen molar-refractivity contribution in [2.75, 3.05) is 30.5 Å². The first-order valence-corrected chi connectivity index (χ1v) is 9.20. The lowest BCUT2D eigenvalue weighted by atomic mass is 10.0. The fraction of sp³-hybridized carbons (Fsp3) is 0.238. The molecule has 9 heteroatoms. The van der Waals surface area contributed by atoms with E-state index < -0.39 is 23.8 Å². The summed E-state index contributed by atoms with van der Waals surface area (Å²) < 4.78 is 4.84. The molecular weight excluding hydrogens is 390 g/mol. The fourth-order valence-electron chi connectivity index (χ4n) is 3.15. The molecule has 2 aromatic carbocycles. The number of carbonyl (C=O) groups is 4. The van der Waals surface area contributed by atoms with Gasteiger partial charge in [0.2, 0.25) is 5.91 Å². The lowest BCUT2D eigenvalue weighted by Gasteiger charge is -2.29. The van der Waals surface area contributed by atoms with Gasteiger partial charge in [0.1, 0.15) is 19.2 Å². The molecule has 0 bridgehead atoms. The van der Waals surface area contributed by atoms with Crippen LogP contribution in [-0.2, 0) is 25.5 Å². The summed E-state index contributed by atoms with van der Waals surface area (Å²) in [5.74, 6) is -2.55. The average molecular weight is 411 g/mol. The van der Waals surface area contributed by atoms with E-state index >= 15 is 0 Å². The molecule has 2 aromatic rings. The molecule has 0 aromatic heterocycles. The van der Waals surface area contributed by atoms with Gasteiger partial charge in [0.25, 0.3) is 11.8 Å². The van der Waals surface area contributed by atoms with E-state index in [4.69, 9.17) is 4.74 Å². The Balaban J connectivity index is 1.79. The fourth-order valence-corrected chi connectivity index (χ4v) is 3.15. The number of methoxy groups -OCH3 is 1. The first-order valence-electron chi connectivity index (χ1n) is 9.20. The Morgan fingerprint density at radius 2 is 1.93 bits per heavy atom. The first kappa shape index (κ1) is 21.0. The van der Waals surface area contributed by atoms with E-state index in [9.17, 15) is 24.3 Å². The van der Waals surface area contributed by atoms with Gasteiger partial charge in [0.15, 0.2) is 0 Å². The second kappa shape index (κ2) is 9.19. The minimum absolute atomic E-state index is 0.128. The highest BCUT2D eigenvalue weighted by Gasteiger charge is 2.28. The summed E-state index contributed by atoms with van der Waals surface area (Å²) in [6.45, 7) is -0.340. The van der Waals surface area contributed by atoms with E-state index in [1.54, 1.807) is 24.3 Å². The van der Waals surface area contributed by atoms with Crippen LogP contribution in [0, 0.1) is 0 Å². The number of hydrogen-bond donors (Lipinski definition) is 3. The van der Waals surface area contributed by atoms with Gasteiger partial charge in [-0.1, -0.05) is 30.3 Å². The number of fused-ring (bicyclic) bond motifs is 1. The van der Waals surface area contributed by atoms with Crippen LogP contribution < -0.4 is 15.5 Å². The van der Waals surface area contributed by atoms with Crippen LogP contribution in [0.1, 0.15) is 15.9 Å². The van der Waals surface area contributed by atoms with E-state index in [0.29, 0.717) is 11.4 Å². The molecule has 1 atom stereocenters. The van der Waals surface area contributed by atoms with Crippen LogP contribution in [0.5, 0.6) is 0 Å². The Hall–Kier alpha value is -3.72. The molecule has 0 saturated carbocycles. The van der Waals surface area contributed by atoms with Crippen molar-refractivity contribution < 1.29 is 29.0 Å². The summed E-state index contributed by atoms with van der Waals surface area (Å²) in [6, 6.07) is 12.3. The van der Waals surface area contributed by atoms with Gasteiger partial charge in [-0.3, -0.25) is 19.3 Å². The Morgan fingerprint density at radius 1 is 1.20 bits per heavy atom. The molecule has 3 N–H and O–H groups in total. The molecule has 156 valence electrons. The monoisotopic (exact) mass is 411 g/mol. The predicted octanol–water partition coefficient (Wildman–Crippen LogP) is 1.04. The third kappa shape index (κ3) is 4.81. The molecule has 9 nitrogen and oxygen atoms in total. The van der Waals surface area contributed by atoms with E-state index in [-0.39, 0.29) is 31.0 Å². The molecule has 30 heavy (non-hydrogen) atoms. The minimum atomic E-state index is -1.16. The Bertz CT molecular complexity index is 976. The van der Waals surface area contributed by atoms with Crippen LogP contribution in [0.4, 0.5) is 11.4 Å². The van der Waals surface area contributed by atoms with Crippen LogP contribution in [0.15, 0.2) is 48.5 Å². The minimum Gasteiger partial charge on any atom is -0.480 e. The maximum atomic E-state index is 12.6. The molecule has 1 unspecified atom stereocenters. The van der Waals surface area contributed by atoms with Crippen molar-refractivity contribution in [3.8, 4) is 0 Å². The molecule has 1 aliphatic heterocycles. The molecule has 1 aliphatic rings. The largest absolute Gasteiger partial charge is 0.480 e. The van der Waals surface area contributed by atoms with Crippen LogP contribution in [-0.4, -0.2) is 55.1 Å². The number of carbonyl (C=O) groups excluding carboxylic acids is 3. The highest BCUT2D eigenvalue weighted by atomic mass is 16.5. The maximum Gasteiger partial charge on any atom is 0.326 e. The number of anilines is 2. The van der Waals surface area contributed by atoms with Gasteiger partial charge >= 0.3 is 5.97 Å². The lowest BCUT2D eigenvalue weighted by molar-refractivity contribution is -0.139. The number of hydrogen-bond acceptors (Lipinski definition) is 5. The highest BCUT2D eigenvalue weighted by molar-refractivity contribution is 6.11. The van der Waals surface area contributed by atoms with Gasteiger partial charge in [-0.05, 0) is 23.8 Å². The van der Waals surface area contributed by atoms with Crippen LogP contribution in [0.25, 0.3) is 0 Å². The summed E-state index contributed by atoms with van der Waals surface area (Å²) in [6.07, 6.45) is 0.128. The highest BCUT2D eigenvalue weighted by Crippen LogP contribution is 2.30. The molecule has 1 heterocycles. The van der Waals surface area contributed by atoms with E-state index in [0.717, 1.165) is 5.56 Å². The summed E-state index contributed by atoms with van der Waals surface area (Å²) in [5, 5.41) is 14.6. The van der Waals surface area contributed by atoms with Gasteiger partial charge in [0.05, 0.1) is 11.4 Å². The summed E-state index contributed by atoms with van der Waals surface area (Å²) in [7, 11) is 1.38. The zero-order chi connectivity index (χ0) is 21.7. The Labute approximate surface area is 172 Å². The summed E-state index contributed by atoms with van der Waals surface area (Å²) in [4.78, 5) is 49.7. The molecule has 0 radical (unpaired) electrons. The standard InChI is InChI=1S/C21H21N3O6/c1-30-12-19(26)24-11-18(25)22-15-10-14(7-8-17(15)24)20(27)23-16(21(28)29)9-13-5-3-2-4-6-13/h2-8,10,16H,9,11-12H2,1H3,(H,22,25)(H,23,27)(H,28,29). The summed E-state index contributed by atoms with van der Waals surface area (Å²) in [5.41, 5.74) is 1.66. The number of carboxylic acid groups (broad SMARTS) is 1. The van der Waals surface area contributed by atoms with Gasteiger partial charge in [-0.15, -0.1) is 0 Å². The topological polar surface area (TPSA) is 125 Å². The normalized spacial score (nSPS) is 13.8. The van der Waals surface area contributed by atoms with Gasteiger partial charge in [0, 0.05) is 19.1 Å². The summed E-state index contributed by atoms with van der Waals surface area (Å²) >= 11 is 0. The molecule has 0 aliphatic carbocycles. The predicted molar refractivity (Wildman–Crippen MR) is 108 cm³/mol. The second-order valence-electron chi connectivity index (χ2n) is 6.75. The van der Waals surface area contributed by atoms with Crippen LogP contribution in [0.3, 0.4) is 0 Å². The Morgan fingerprint density at radius 3 is 2.60 bits per heavy atom. The third-order valence-corrected chi connectivity index (χ3v) is 4.58. The molecule has 3 amide bonds. The number of ether oxygens (including phenoxy) is 1. The average Bonchev–Trinajstić information content (AvgIpc) is 2.72. The molecule has 0 spiro atoms. The first-order chi connectivity index (χ1) is 14.4. The van der Waals surface area contributed by atoms with E-state index in [1.165, 1.54) is 30.2 Å². The lowest BCUT2D eigenvalue weighted by Crippen LogP contribution is -2.44. The Kier molecular flexibility index (Phi) is 6.43. The van der Waals surface area contributed by atoms with Crippen LogP contribution in [0.2, 0.25) is 0 Å². The van der Waals surface area contributed by atoms with E-state index in [1.807, 2.05) is 6.07 Å². The number of amides is 3. The number of nitrogens with one attached hydrogen (secondary N) is 2. The zero-order valence-corrected chi connectivity index (χ0v) is 16.3. The number of aliphatic carboxylic acids is 1. The van der Waals surface area contributed by atoms with Crippen molar-refractivity contribution in [3.05, 3.63) is 59.7 Å². The number of nitrogens with zero attached hydrogens (tertiary/aromatic N) is 1. The zero-order valence-electron chi connectivity index (χ0n) is 16.3. The van der Waals surface area contributed by atoms with Crippen molar-refractivity contribution in [1.82, 2.24) is 5.32 Å². The molecular formula is C21H21N3O6. The van der Waals surface area contributed by atoms with Gasteiger partial charge < -0.3 is 20.5 Å². The van der Waals surface area contributed by atoms with Gasteiger partial charge in [-0.2, -0.15) is 0 Å². The van der Waals surface area contributed by atoms with Crippen molar-refractivity contribution in [1.29, 1.82) is 0 Å². The number of benzene rings is 2. The quantitative estimate of drug-likeness (QED) is 0.625. The molecule has 3 rings (SSSR count). The molecule has 0 fully saturated rings. The van der Waals surface area contributed by atoms with Crippen molar-refractivity contribution in [2.24, 2.45) is 0 Å². The SMILES string of the molecule is COCC(=O)N1CC(=O)Nc2cc(C(=O)NC(Cc3ccccc3)C(=O)O)ccc21. The van der Waals surface area contributed by atoms with E-state index in [2.05, 4.69) is 10.6 Å². The second-order valence-corrected chi connectivity index (χ2v) is 6.75. The number of carboxylic acids is 1. The van der Waals surface area contributed by atoms with Crippen molar-refractivity contribution in [3.63, 3.8) is 0 Å². The van der Waals surface area contributed by atoms with Crippen molar-refractivity contribution >= 4 is 35.1 Å².